The maximum atomic E-state index is 12.2. The molecule has 1 aliphatic rings. The van der Waals surface area contributed by atoms with Crippen LogP contribution in [0.25, 0.3) is 0 Å². The van der Waals surface area contributed by atoms with E-state index in [0.717, 1.165) is 0 Å². The summed E-state index contributed by atoms with van der Waals surface area (Å²) >= 11 is 0. The van der Waals surface area contributed by atoms with Crippen LogP contribution in [0, 0.1) is 11.3 Å². The Morgan fingerprint density at radius 3 is 2.18 bits per heavy atom. The molecule has 0 aromatic carbocycles. The molecule has 0 aromatic heterocycles. The average molecular weight is 253 g/mol. The molecule has 4 nitrogen and oxygen atoms in total. The van der Waals surface area contributed by atoms with Crippen molar-refractivity contribution in [1.29, 1.82) is 0 Å². The second-order valence-electron chi connectivity index (χ2n) is 4.95. The Labute approximate surface area is 96.4 Å². The number of hydrogen-bond donors (Lipinski definition) is 1. The summed E-state index contributed by atoms with van der Waals surface area (Å²) in [4.78, 5) is 22.5. The lowest BCUT2D eigenvalue weighted by Gasteiger charge is -2.22. The lowest BCUT2D eigenvalue weighted by atomic mass is 10.1. The number of amides is 1. The Hall–Kier alpha value is -1.27. The fourth-order valence-corrected chi connectivity index (χ4v) is 1.70. The number of nitrogens with zero attached hydrogens (tertiary/aromatic N) is 1. The van der Waals surface area contributed by atoms with Gasteiger partial charge in [0.25, 0.3) is 0 Å². The first-order valence-corrected chi connectivity index (χ1v) is 5.10. The number of halogens is 3. The molecule has 1 rings (SSSR count). The predicted molar refractivity (Wildman–Crippen MR) is 52.2 cm³/mol. The molecule has 0 heterocycles. The van der Waals surface area contributed by atoms with Gasteiger partial charge in [0, 0.05) is 5.92 Å². The van der Waals surface area contributed by atoms with Crippen molar-refractivity contribution in [1.82, 2.24) is 4.90 Å². The van der Waals surface area contributed by atoms with Crippen molar-refractivity contribution in [3.05, 3.63) is 0 Å². The van der Waals surface area contributed by atoms with Gasteiger partial charge in [-0.3, -0.25) is 9.59 Å². The van der Waals surface area contributed by atoms with Crippen LogP contribution in [-0.4, -0.2) is 41.1 Å². The van der Waals surface area contributed by atoms with Crippen LogP contribution in [0.3, 0.4) is 0 Å². The molecule has 1 fully saturated rings. The third kappa shape index (κ3) is 3.90. The Kier molecular flexibility index (Phi) is 3.40. The highest BCUT2D eigenvalue weighted by Gasteiger charge is 2.53. The van der Waals surface area contributed by atoms with Gasteiger partial charge in [0.05, 0.1) is 0 Å². The fraction of sp³-hybridized carbons (Fsp3) is 0.800. The number of aliphatic carboxylic acids is 1. The van der Waals surface area contributed by atoms with E-state index in [2.05, 4.69) is 0 Å². The van der Waals surface area contributed by atoms with Crippen LogP contribution in [0.1, 0.15) is 20.3 Å². The van der Waals surface area contributed by atoms with Crippen LogP contribution in [0.2, 0.25) is 0 Å². The highest BCUT2D eigenvalue weighted by molar-refractivity contribution is 5.85. The Morgan fingerprint density at radius 2 is 1.88 bits per heavy atom. The van der Waals surface area contributed by atoms with Gasteiger partial charge in [0.1, 0.15) is 13.1 Å². The third-order valence-electron chi connectivity index (χ3n) is 2.82. The Balaban J connectivity index is 2.70. The van der Waals surface area contributed by atoms with Gasteiger partial charge < -0.3 is 10.0 Å². The van der Waals surface area contributed by atoms with E-state index in [1.54, 1.807) is 13.8 Å². The first kappa shape index (κ1) is 13.8. The molecular weight excluding hydrogens is 239 g/mol. The average Bonchev–Trinajstić information content (AvgIpc) is 2.69. The number of carboxylic acid groups (broad SMARTS) is 1. The lowest BCUT2D eigenvalue weighted by Crippen LogP contribution is -2.43. The SMILES string of the molecule is CC1(C)CC1C(=O)N(CC(=O)O)CC(F)(F)F. The van der Waals surface area contributed by atoms with E-state index in [4.69, 9.17) is 5.11 Å². The van der Waals surface area contributed by atoms with Gasteiger partial charge in [-0.1, -0.05) is 13.8 Å². The van der Waals surface area contributed by atoms with Crippen LogP contribution >= 0.6 is 0 Å². The van der Waals surface area contributed by atoms with E-state index in [1.165, 1.54) is 0 Å². The first-order valence-electron chi connectivity index (χ1n) is 5.10. The lowest BCUT2D eigenvalue weighted by molar-refractivity contribution is -0.166. The topological polar surface area (TPSA) is 57.6 Å². The Bertz CT molecular complexity index is 338. The summed E-state index contributed by atoms with van der Waals surface area (Å²) in [7, 11) is 0. The second kappa shape index (κ2) is 4.19. The van der Waals surface area contributed by atoms with Crippen molar-refractivity contribution in [3.8, 4) is 0 Å². The van der Waals surface area contributed by atoms with E-state index < -0.39 is 37.1 Å². The van der Waals surface area contributed by atoms with Gasteiger partial charge in [0.15, 0.2) is 0 Å². The maximum absolute atomic E-state index is 12.2. The molecule has 0 radical (unpaired) electrons. The van der Waals surface area contributed by atoms with Crippen LogP contribution in [0.4, 0.5) is 13.2 Å². The minimum Gasteiger partial charge on any atom is -0.480 e. The molecule has 0 spiro atoms. The quantitative estimate of drug-likeness (QED) is 0.826. The van der Waals surface area contributed by atoms with Crippen molar-refractivity contribution in [2.75, 3.05) is 13.1 Å². The van der Waals surface area contributed by atoms with E-state index in [0.29, 0.717) is 11.3 Å². The van der Waals surface area contributed by atoms with Gasteiger partial charge >= 0.3 is 12.1 Å². The van der Waals surface area contributed by atoms with E-state index in [1.807, 2.05) is 0 Å². The smallest absolute Gasteiger partial charge is 0.406 e. The molecule has 0 bridgehead atoms. The number of rotatable bonds is 4. The maximum Gasteiger partial charge on any atom is 0.406 e. The molecule has 1 aliphatic carbocycles. The minimum absolute atomic E-state index is 0.320. The third-order valence-corrected chi connectivity index (χ3v) is 2.82. The largest absolute Gasteiger partial charge is 0.480 e. The molecule has 0 aliphatic heterocycles. The fourth-order valence-electron chi connectivity index (χ4n) is 1.70. The van der Waals surface area contributed by atoms with Crippen molar-refractivity contribution >= 4 is 11.9 Å². The summed E-state index contributed by atoms with van der Waals surface area (Å²) in [6.45, 7) is 1.11. The predicted octanol–water partition coefficient (Wildman–Crippen LogP) is 1.51. The second-order valence-corrected chi connectivity index (χ2v) is 4.95. The number of alkyl halides is 3. The van der Waals surface area contributed by atoms with Crippen LogP contribution in [0.15, 0.2) is 0 Å². The van der Waals surface area contributed by atoms with Crippen LogP contribution < -0.4 is 0 Å². The number of hydrogen-bond acceptors (Lipinski definition) is 2. The van der Waals surface area contributed by atoms with Crippen molar-refractivity contribution in [2.24, 2.45) is 11.3 Å². The van der Waals surface area contributed by atoms with Gasteiger partial charge in [0.2, 0.25) is 5.91 Å². The molecular formula is C10H14F3NO3. The summed E-state index contributed by atoms with van der Waals surface area (Å²) < 4.78 is 36.6. The number of carbonyl (C=O) groups is 2. The van der Waals surface area contributed by atoms with Crippen molar-refractivity contribution < 1.29 is 27.9 Å². The zero-order valence-electron chi connectivity index (χ0n) is 9.54. The highest BCUT2D eigenvalue weighted by atomic mass is 19.4. The standard InChI is InChI=1S/C10H14F3NO3/c1-9(2)3-6(9)8(17)14(4-7(15)16)5-10(11,12)13/h6H,3-5H2,1-2H3,(H,15,16). The molecule has 98 valence electrons. The van der Waals surface area contributed by atoms with E-state index in [-0.39, 0.29) is 5.41 Å². The number of carbonyl (C=O) groups excluding carboxylic acids is 1. The Morgan fingerprint density at radius 1 is 1.41 bits per heavy atom. The minimum atomic E-state index is -4.58. The molecule has 0 saturated heterocycles. The molecule has 7 heteroatoms. The molecule has 1 amide bonds. The van der Waals surface area contributed by atoms with Gasteiger partial charge in [-0.25, -0.2) is 0 Å². The molecule has 17 heavy (non-hydrogen) atoms. The molecule has 1 atom stereocenters. The summed E-state index contributed by atoms with van der Waals surface area (Å²) in [5.74, 6) is -2.67. The monoisotopic (exact) mass is 253 g/mol. The van der Waals surface area contributed by atoms with Crippen LogP contribution in [-0.2, 0) is 9.59 Å². The summed E-state index contributed by atoms with van der Waals surface area (Å²) in [6.07, 6.45) is -4.08. The van der Waals surface area contributed by atoms with Gasteiger partial charge in [-0.05, 0) is 11.8 Å². The van der Waals surface area contributed by atoms with Gasteiger partial charge in [-0.15, -0.1) is 0 Å². The normalized spacial score (nSPS) is 22.1. The number of carboxylic acids is 1. The molecule has 1 unspecified atom stereocenters. The van der Waals surface area contributed by atoms with Crippen molar-refractivity contribution in [2.45, 2.75) is 26.4 Å². The highest BCUT2D eigenvalue weighted by Crippen LogP contribution is 2.52. The summed E-state index contributed by atoms with van der Waals surface area (Å²) in [5, 5.41) is 8.50. The van der Waals surface area contributed by atoms with Crippen molar-refractivity contribution in [3.63, 3.8) is 0 Å². The first-order chi connectivity index (χ1) is 7.53. The molecule has 0 aromatic rings. The molecule has 1 N–H and O–H groups in total. The summed E-state index contributed by atoms with van der Waals surface area (Å²) in [6, 6.07) is 0. The van der Waals surface area contributed by atoms with Gasteiger partial charge in [-0.2, -0.15) is 13.2 Å². The zero-order valence-corrected chi connectivity index (χ0v) is 9.54. The van der Waals surface area contributed by atoms with Crippen LogP contribution in [0.5, 0.6) is 0 Å². The summed E-state index contributed by atoms with van der Waals surface area (Å²) in [5.41, 5.74) is -0.320. The van der Waals surface area contributed by atoms with E-state index in [9.17, 15) is 22.8 Å². The molecule has 1 saturated carbocycles. The van der Waals surface area contributed by atoms with E-state index >= 15 is 0 Å². The zero-order chi connectivity index (χ0) is 13.4.